The molecule has 1 aliphatic rings. The number of hydrogen-bond donors (Lipinski definition) is 2. The van der Waals surface area contributed by atoms with Crippen molar-refractivity contribution < 1.29 is 14.3 Å². The van der Waals surface area contributed by atoms with Gasteiger partial charge in [-0.15, -0.1) is 0 Å². The van der Waals surface area contributed by atoms with Crippen molar-refractivity contribution in [3.63, 3.8) is 0 Å². The molecule has 2 N–H and O–H groups in total. The van der Waals surface area contributed by atoms with Gasteiger partial charge in [-0.25, -0.2) is 0 Å². The van der Waals surface area contributed by atoms with Crippen LogP contribution in [0.1, 0.15) is 36.8 Å². The molecule has 2 aromatic carbocycles. The van der Waals surface area contributed by atoms with E-state index in [2.05, 4.69) is 16.7 Å². The zero-order valence-corrected chi connectivity index (χ0v) is 16.5. The van der Waals surface area contributed by atoms with Crippen LogP contribution in [0.25, 0.3) is 0 Å². The van der Waals surface area contributed by atoms with Crippen molar-refractivity contribution in [2.75, 3.05) is 12.4 Å². The molecule has 0 radical (unpaired) electrons. The van der Waals surface area contributed by atoms with E-state index in [0.29, 0.717) is 12.3 Å². The second-order valence-electron chi connectivity index (χ2n) is 7.48. The van der Waals surface area contributed by atoms with Crippen LogP contribution in [0.4, 0.5) is 5.69 Å². The number of hydrogen-bond acceptors (Lipinski definition) is 3. The summed E-state index contributed by atoms with van der Waals surface area (Å²) in [7, 11) is 1.60. The molecule has 1 fully saturated rings. The normalized spacial score (nSPS) is 18.9. The van der Waals surface area contributed by atoms with Gasteiger partial charge in [-0.3, -0.25) is 9.59 Å². The Morgan fingerprint density at radius 2 is 1.64 bits per heavy atom. The zero-order chi connectivity index (χ0) is 19.9. The number of ether oxygens (including phenoxy) is 1. The molecule has 0 unspecified atom stereocenters. The van der Waals surface area contributed by atoms with Crippen LogP contribution in [-0.2, 0) is 16.1 Å². The van der Waals surface area contributed by atoms with E-state index in [1.54, 1.807) is 7.11 Å². The van der Waals surface area contributed by atoms with Gasteiger partial charge in [0.15, 0.2) is 0 Å². The quantitative estimate of drug-likeness (QED) is 0.794. The molecule has 2 aromatic rings. The molecule has 148 valence electrons. The topological polar surface area (TPSA) is 67.4 Å². The van der Waals surface area contributed by atoms with Gasteiger partial charge in [0.25, 0.3) is 0 Å². The van der Waals surface area contributed by atoms with Gasteiger partial charge in [0, 0.05) is 30.1 Å². The van der Waals surface area contributed by atoms with Crippen molar-refractivity contribution in [3.8, 4) is 5.75 Å². The molecule has 0 saturated heterocycles. The molecule has 0 spiro atoms. The predicted octanol–water partition coefficient (Wildman–Crippen LogP) is 4.06. The minimum absolute atomic E-state index is 0.00863. The fourth-order valence-corrected chi connectivity index (χ4v) is 3.72. The Kier molecular flexibility index (Phi) is 6.69. The molecule has 0 atom stereocenters. The van der Waals surface area contributed by atoms with Gasteiger partial charge in [-0.2, -0.15) is 0 Å². The van der Waals surface area contributed by atoms with E-state index in [9.17, 15) is 9.59 Å². The molecule has 28 heavy (non-hydrogen) atoms. The third-order valence-corrected chi connectivity index (χ3v) is 5.36. The van der Waals surface area contributed by atoms with E-state index in [1.807, 2.05) is 49.4 Å². The highest BCUT2D eigenvalue weighted by molar-refractivity contribution is 5.93. The first-order valence-corrected chi connectivity index (χ1v) is 9.83. The summed E-state index contributed by atoms with van der Waals surface area (Å²) in [5.41, 5.74) is 3.04. The van der Waals surface area contributed by atoms with Crippen LogP contribution in [0.2, 0.25) is 0 Å². The second-order valence-corrected chi connectivity index (χ2v) is 7.48. The molecule has 3 rings (SSSR count). The highest BCUT2D eigenvalue weighted by Crippen LogP contribution is 2.30. The van der Waals surface area contributed by atoms with Gasteiger partial charge in [0.2, 0.25) is 11.8 Å². The first-order chi connectivity index (χ1) is 13.5. The summed E-state index contributed by atoms with van der Waals surface area (Å²) in [5, 5.41) is 6.00. The Morgan fingerprint density at radius 1 is 0.964 bits per heavy atom. The summed E-state index contributed by atoms with van der Waals surface area (Å²) in [4.78, 5) is 25.0. The predicted molar refractivity (Wildman–Crippen MR) is 110 cm³/mol. The Labute approximate surface area is 166 Å². The van der Waals surface area contributed by atoms with Crippen molar-refractivity contribution in [3.05, 3.63) is 59.7 Å². The van der Waals surface area contributed by atoms with E-state index < -0.39 is 0 Å². The van der Waals surface area contributed by atoms with Gasteiger partial charge >= 0.3 is 0 Å². The number of benzene rings is 2. The highest BCUT2D eigenvalue weighted by Gasteiger charge is 2.29. The molecule has 5 nitrogen and oxygen atoms in total. The van der Waals surface area contributed by atoms with E-state index in [-0.39, 0.29) is 23.7 Å². The molecule has 1 saturated carbocycles. The Bertz CT molecular complexity index is 826. The van der Waals surface area contributed by atoms with Crippen LogP contribution >= 0.6 is 0 Å². The van der Waals surface area contributed by atoms with Gasteiger partial charge < -0.3 is 15.4 Å². The lowest BCUT2D eigenvalue weighted by molar-refractivity contribution is -0.128. The van der Waals surface area contributed by atoms with Gasteiger partial charge in [0.1, 0.15) is 5.75 Å². The summed E-state index contributed by atoms with van der Waals surface area (Å²) in [6.07, 6.45) is 2.96. The van der Waals surface area contributed by atoms with Crippen LogP contribution in [0, 0.1) is 18.8 Å². The Hall–Kier alpha value is -2.82. The Morgan fingerprint density at radius 3 is 2.32 bits per heavy atom. The van der Waals surface area contributed by atoms with E-state index in [0.717, 1.165) is 36.9 Å². The third kappa shape index (κ3) is 5.35. The number of carbonyl (C=O) groups is 2. The van der Waals surface area contributed by atoms with E-state index in [4.69, 9.17) is 4.74 Å². The number of amides is 2. The van der Waals surface area contributed by atoms with Crippen molar-refractivity contribution in [2.45, 2.75) is 39.2 Å². The number of rotatable bonds is 6. The van der Waals surface area contributed by atoms with Gasteiger partial charge in [-0.05, 0) is 50.3 Å². The van der Waals surface area contributed by atoms with Crippen molar-refractivity contribution in [1.29, 1.82) is 0 Å². The average molecular weight is 380 g/mol. The maximum Gasteiger partial charge on any atom is 0.227 e. The Balaban J connectivity index is 1.45. The maximum atomic E-state index is 12.5. The molecule has 0 bridgehead atoms. The summed E-state index contributed by atoms with van der Waals surface area (Å²) in [6.45, 7) is 2.60. The summed E-state index contributed by atoms with van der Waals surface area (Å²) in [5.74, 6) is 0.768. The maximum absolute atomic E-state index is 12.5. The summed E-state index contributed by atoms with van der Waals surface area (Å²) < 4.78 is 5.19. The summed E-state index contributed by atoms with van der Waals surface area (Å²) in [6, 6.07) is 15.5. The highest BCUT2D eigenvalue weighted by atomic mass is 16.5. The van der Waals surface area contributed by atoms with E-state index in [1.165, 1.54) is 5.56 Å². The number of methoxy groups -OCH3 is 1. The zero-order valence-electron chi connectivity index (χ0n) is 16.5. The van der Waals surface area contributed by atoms with Crippen LogP contribution in [0.3, 0.4) is 0 Å². The van der Waals surface area contributed by atoms with Crippen LogP contribution in [0.15, 0.2) is 48.5 Å². The molecule has 0 aliphatic heterocycles. The molecular weight excluding hydrogens is 352 g/mol. The summed E-state index contributed by atoms with van der Waals surface area (Å²) >= 11 is 0. The SMILES string of the molecule is COc1cccc(NC(=O)C2CCC(C(=O)NCc3cccc(C)c3)CC2)c1. The standard InChI is InChI=1S/C23H28N2O3/c1-16-5-3-6-17(13-16)15-24-22(26)18-9-11-19(12-10-18)23(27)25-20-7-4-8-21(14-20)28-2/h3-8,13-14,18-19H,9-12,15H2,1-2H3,(H,24,26)(H,25,27). The second kappa shape index (κ2) is 9.40. The first kappa shape index (κ1) is 19.9. The number of carbonyl (C=O) groups excluding carboxylic acids is 2. The van der Waals surface area contributed by atoms with Crippen LogP contribution < -0.4 is 15.4 Å². The number of nitrogens with one attached hydrogen (secondary N) is 2. The number of aryl methyl sites for hydroxylation is 1. The van der Waals surface area contributed by atoms with Crippen molar-refractivity contribution in [1.82, 2.24) is 5.32 Å². The lowest BCUT2D eigenvalue weighted by atomic mass is 9.81. The van der Waals surface area contributed by atoms with Crippen LogP contribution in [0.5, 0.6) is 5.75 Å². The van der Waals surface area contributed by atoms with Crippen molar-refractivity contribution in [2.24, 2.45) is 11.8 Å². The van der Waals surface area contributed by atoms with Gasteiger partial charge in [-0.1, -0.05) is 35.9 Å². The lowest BCUT2D eigenvalue weighted by Crippen LogP contribution is -2.35. The molecule has 0 heterocycles. The van der Waals surface area contributed by atoms with Crippen molar-refractivity contribution >= 4 is 17.5 Å². The molecule has 0 aromatic heterocycles. The smallest absolute Gasteiger partial charge is 0.227 e. The minimum Gasteiger partial charge on any atom is -0.497 e. The monoisotopic (exact) mass is 380 g/mol. The molecule has 2 amide bonds. The molecular formula is C23H28N2O3. The lowest BCUT2D eigenvalue weighted by Gasteiger charge is -2.27. The fraction of sp³-hybridized carbons (Fsp3) is 0.391. The largest absolute Gasteiger partial charge is 0.497 e. The minimum atomic E-state index is -0.0491. The fourth-order valence-electron chi connectivity index (χ4n) is 3.72. The molecule has 5 heteroatoms. The molecule has 1 aliphatic carbocycles. The van der Waals surface area contributed by atoms with Gasteiger partial charge in [0.05, 0.1) is 7.11 Å². The average Bonchev–Trinajstić information content (AvgIpc) is 2.72. The number of anilines is 1. The van der Waals surface area contributed by atoms with Crippen LogP contribution in [-0.4, -0.2) is 18.9 Å². The van der Waals surface area contributed by atoms with E-state index >= 15 is 0 Å². The first-order valence-electron chi connectivity index (χ1n) is 9.83. The third-order valence-electron chi connectivity index (χ3n) is 5.36.